The smallest absolute Gasteiger partial charge is 0.197 e. The van der Waals surface area contributed by atoms with Crippen LogP contribution in [0.4, 0.5) is 0 Å². The molecule has 0 atom stereocenters. The largest absolute Gasteiger partial charge is 0.329 e. The number of benzene rings is 1. The Bertz CT molecular complexity index is 526. The van der Waals surface area contributed by atoms with Gasteiger partial charge in [-0.05, 0) is 30.4 Å². The van der Waals surface area contributed by atoms with E-state index in [2.05, 4.69) is 4.98 Å². The van der Waals surface area contributed by atoms with E-state index in [0.29, 0.717) is 9.79 Å². The zero-order valence-corrected chi connectivity index (χ0v) is 9.49. The number of halogens is 1. The summed E-state index contributed by atoms with van der Waals surface area (Å²) in [5.74, 6) is 0. The van der Waals surface area contributed by atoms with Crippen molar-refractivity contribution in [1.82, 2.24) is 9.66 Å². The Morgan fingerprint density at radius 2 is 2.14 bits per heavy atom. The molecular formula is C9H10ClN3S. The van der Waals surface area contributed by atoms with Crippen LogP contribution in [0.1, 0.15) is 0 Å². The molecule has 3 nitrogen and oxygen atoms in total. The number of H-pyrrole nitrogens is 1. The molecule has 0 saturated carbocycles. The molecule has 5 heteroatoms. The molecule has 14 heavy (non-hydrogen) atoms. The van der Waals surface area contributed by atoms with Crippen LogP contribution in [0.25, 0.3) is 11.0 Å². The third kappa shape index (κ3) is 1.40. The van der Waals surface area contributed by atoms with Gasteiger partial charge in [-0.25, -0.2) is 4.68 Å². The van der Waals surface area contributed by atoms with E-state index < -0.39 is 0 Å². The number of nitrogens with one attached hydrogen (secondary N) is 1. The molecule has 0 aliphatic carbocycles. The van der Waals surface area contributed by atoms with E-state index in [9.17, 15) is 0 Å². The minimum atomic E-state index is 0.673. The highest BCUT2D eigenvalue weighted by Crippen LogP contribution is 2.18. The predicted molar refractivity (Wildman–Crippen MR) is 62.2 cm³/mol. The summed E-state index contributed by atoms with van der Waals surface area (Å²) in [6.07, 6.45) is 0. The van der Waals surface area contributed by atoms with Gasteiger partial charge in [0.15, 0.2) is 4.77 Å². The lowest BCUT2D eigenvalue weighted by Crippen LogP contribution is -2.24. The SMILES string of the molecule is CN(C)n1c(=S)[nH]c2cc(Cl)ccc21. The van der Waals surface area contributed by atoms with Gasteiger partial charge in [-0.1, -0.05) is 11.6 Å². The third-order valence-corrected chi connectivity index (χ3v) is 2.53. The van der Waals surface area contributed by atoms with Crippen molar-refractivity contribution in [1.29, 1.82) is 0 Å². The van der Waals surface area contributed by atoms with Crippen LogP contribution in [-0.4, -0.2) is 23.8 Å². The fraction of sp³-hybridized carbons (Fsp3) is 0.222. The highest BCUT2D eigenvalue weighted by atomic mass is 35.5. The van der Waals surface area contributed by atoms with Crippen molar-refractivity contribution in [3.63, 3.8) is 0 Å². The molecule has 0 saturated heterocycles. The Hall–Kier alpha value is -1.00. The van der Waals surface area contributed by atoms with Crippen LogP contribution in [-0.2, 0) is 0 Å². The van der Waals surface area contributed by atoms with Gasteiger partial charge in [-0.3, -0.25) is 0 Å². The summed E-state index contributed by atoms with van der Waals surface area (Å²) in [6.45, 7) is 0. The molecule has 74 valence electrons. The van der Waals surface area contributed by atoms with Crippen molar-refractivity contribution in [3.05, 3.63) is 28.0 Å². The van der Waals surface area contributed by atoms with E-state index in [1.165, 1.54) is 0 Å². The van der Waals surface area contributed by atoms with Crippen LogP contribution < -0.4 is 5.01 Å². The first-order valence-corrected chi connectivity index (χ1v) is 4.96. The number of hydrogen-bond acceptors (Lipinski definition) is 2. The molecule has 0 aliphatic heterocycles. The van der Waals surface area contributed by atoms with Gasteiger partial charge in [-0.15, -0.1) is 0 Å². The second-order valence-corrected chi connectivity index (χ2v) is 4.07. The number of aromatic nitrogens is 2. The fourth-order valence-corrected chi connectivity index (χ4v) is 2.01. The van der Waals surface area contributed by atoms with E-state index in [1.54, 1.807) is 0 Å². The van der Waals surface area contributed by atoms with Gasteiger partial charge in [0.25, 0.3) is 0 Å². The topological polar surface area (TPSA) is 24.0 Å². The first kappa shape index (κ1) is 9.55. The molecule has 0 aliphatic rings. The molecule has 1 heterocycles. The monoisotopic (exact) mass is 227 g/mol. The average molecular weight is 228 g/mol. The third-order valence-electron chi connectivity index (χ3n) is 2.02. The Labute approximate surface area is 91.9 Å². The first-order chi connectivity index (χ1) is 6.59. The van der Waals surface area contributed by atoms with Gasteiger partial charge < -0.3 is 9.99 Å². The van der Waals surface area contributed by atoms with Crippen LogP contribution in [0.3, 0.4) is 0 Å². The number of imidazole rings is 1. The minimum Gasteiger partial charge on any atom is -0.329 e. The highest BCUT2D eigenvalue weighted by molar-refractivity contribution is 7.71. The van der Waals surface area contributed by atoms with Crippen LogP contribution in [0.5, 0.6) is 0 Å². The molecule has 1 aromatic heterocycles. The van der Waals surface area contributed by atoms with Gasteiger partial charge >= 0.3 is 0 Å². The number of nitrogens with zero attached hydrogens (tertiary/aromatic N) is 2. The van der Waals surface area contributed by atoms with E-state index in [4.69, 9.17) is 23.8 Å². The second kappa shape index (κ2) is 3.29. The van der Waals surface area contributed by atoms with Gasteiger partial charge in [0, 0.05) is 19.1 Å². The van der Waals surface area contributed by atoms with Crippen LogP contribution in [0.2, 0.25) is 5.02 Å². The average Bonchev–Trinajstić information content (AvgIpc) is 2.39. The van der Waals surface area contributed by atoms with Crippen molar-refractivity contribution in [2.45, 2.75) is 0 Å². The Kier molecular flexibility index (Phi) is 2.25. The normalized spacial score (nSPS) is 10.8. The Morgan fingerprint density at radius 3 is 2.79 bits per heavy atom. The van der Waals surface area contributed by atoms with E-state index in [0.717, 1.165) is 11.0 Å². The number of aromatic amines is 1. The zero-order chi connectivity index (χ0) is 10.3. The number of hydrogen-bond donors (Lipinski definition) is 1. The van der Waals surface area contributed by atoms with Crippen molar-refractivity contribution in [2.24, 2.45) is 0 Å². The molecule has 0 amide bonds. The lowest BCUT2D eigenvalue weighted by atomic mass is 10.3. The molecule has 2 aromatic rings. The predicted octanol–water partition coefficient (Wildman–Crippen LogP) is 2.55. The van der Waals surface area contributed by atoms with Crippen LogP contribution in [0.15, 0.2) is 18.2 Å². The van der Waals surface area contributed by atoms with Crippen LogP contribution in [0, 0.1) is 4.77 Å². The van der Waals surface area contributed by atoms with Gasteiger partial charge in [-0.2, -0.15) is 0 Å². The molecule has 0 fully saturated rings. The summed E-state index contributed by atoms with van der Waals surface area (Å²) in [4.78, 5) is 3.10. The molecular weight excluding hydrogens is 218 g/mol. The Morgan fingerprint density at radius 1 is 1.43 bits per heavy atom. The Balaban J connectivity index is 2.84. The lowest BCUT2D eigenvalue weighted by molar-refractivity contribution is 0.742. The second-order valence-electron chi connectivity index (χ2n) is 3.25. The van der Waals surface area contributed by atoms with E-state index >= 15 is 0 Å². The summed E-state index contributed by atoms with van der Waals surface area (Å²) >= 11 is 11.1. The summed E-state index contributed by atoms with van der Waals surface area (Å²) in [7, 11) is 3.88. The molecule has 0 unspecified atom stereocenters. The number of fused-ring (bicyclic) bond motifs is 1. The number of rotatable bonds is 1. The lowest BCUT2D eigenvalue weighted by Gasteiger charge is -2.14. The summed E-state index contributed by atoms with van der Waals surface area (Å²) in [5, 5.41) is 2.63. The van der Waals surface area contributed by atoms with Gasteiger partial charge in [0.2, 0.25) is 0 Å². The van der Waals surface area contributed by atoms with Crippen molar-refractivity contribution < 1.29 is 0 Å². The fourth-order valence-electron chi connectivity index (χ4n) is 1.47. The summed E-state index contributed by atoms with van der Waals surface area (Å²) in [6, 6.07) is 5.67. The van der Waals surface area contributed by atoms with Crippen molar-refractivity contribution >= 4 is 34.9 Å². The quantitative estimate of drug-likeness (QED) is 0.758. The highest BCUT2D eigenvalue weighted by Gasteiger charge is 2.05. The first-order valence-electron chi connectivity index (χ1n) is 4.17. The summed E-state index contributed by atoms with van der Waals surface area (Å²) < 4.78 is 2.59. The standard InChI is InChI=1S/C9H10ClN3S/c1-12(2)13-8-4-3-6(10)5-7(8)11-9(13)14/h3-5H,1-2H3,(H,11,14). The molecule has 1 N–H and O–H groups in total. The maximum Gasteiger partial charge on any atom is 0.197 e. The van der Waals surface area contributed by atoms with E-state index in [-0.39, 0.29) is 0 Å². The zero-order valence-electron chi connectivity index (χ0n) is 7.91. The van der Waals surface area contributed by atoms with E-state index in [1.807, 2.05) is 42.0 Å². The van der Waals surface area contributed by atoms with Crippen molar-refractivity contribution in [2.75, 3.05) is 19.1 Å². The molecule has 0 spiro atoms. The van der Waals surface area contributed by atoms with Gasteiger partial charge in [0.1, 0.15) is 0 Å². The van der Waals surface area contributed by atoms with Gasteiger partial charge in [0.05, 0.1) is 11.0 Å². The van der Waals surface area contributed by atoms with Crippen molar-refractivity contribution in [3.8, 4) is 0 Å². The molecule has 1 aromatic carbocycles. The molecule has 0 bridgehead atoms. The summed E-state index contributed by atoms with van der Waals surface area (Å²) in [5.41, 5.74) is 1.99. The minimum absolute atomic E-state index is 0.673. The maximum absolute atomic E-state index is 5.88. The maximum atomic E-state index is 5.88. The molecule has 2 rings (SSSR count). The van der Waals surface area contributed by atoms with Crippen LogP contribution >= 0.6 is 23.8 Å². The molecule has 0 radical (unpaired) electrons.